The number of hydrogen-bond acceptors (Lipinski definition) is 5. The lowest BCUT2D eigenvalue weighted by atomic mass is 10.1. The van der Waals surface area contributed by atoms with Crippen LogP contribution < -0.4 is 10.4 Å². The van der Waals surface area contributed by atoms with Gasteiger partial charge in [-0.15, -0.1) is 5.10 Å². The van der Waals surface area contributed by atoms with E-state index >= 15 is 0 Å². The summed E-state index contributed by atoms with van der Waals surface area (Å²) in [7, 11) is 0. The smallest absolute Gasteiger partial charge is 0.364 e. The molecule has 0 saturated carbocycles. The highest BCUT2D eigenvalue weighted by atomic mass is 16.5. The molecule has 0 amide bonds. The third kappa shape index (κ3) is 2.34. The van der Waals surface area contributed by atoms with Gasteiger partial charge in [-0.2, -0.15) is 9.61 Å². The van der Waals surface area contributed by atoms with Crippen LogP contribution in [0.4, 0.5) is 0 Å². The summed E-state index contributed by atoms with van der Waals surface area (Å²) in [5, 5.41) is 19.0. The zero-order valence-corrected chi connectivity index (χ0v) is 10.9. The molecule has 0 fully saturated rings. The number of H-pyrrole nitrogens is 1. The average molecular weight is 286 g/mol. The summed E-state index contributed by atoms with van der Waals surface area (Å²) in [6.45, 7) is 1.78. The van der Waals surface area contributed by atoms with E-state index in [0.717, 1.165) is 10.1 Å². The third-order valence-corrected chi connectivity index (χ3v) is 2.90. The molecule has 8 nitrogen and oxygen atoms in total. The maximum atomic E-state index is 11.4. The van der Waals surface area contributed by atoms with Gasteiger partial charge in [0.05, 0.1) is 5.56 Å². The largest absolute Gasteiger partial charge is 0.478 e. The first-order valence-electron chi connectivity index (χ1n) is 6.01. The molecule has 0 saturated heterocycles. The third-order valence-electron chi connectivity index (χ3n) is 2.90. The molecule has 0 spiro atoms. The lowest BCUT2D eigenvalue weighted by Gasteiger charge is -2.08. The van der Waals surface area contributed by atoms with Crippen molar-refractivity contribution in [1.29, 1.82) is 0 Å². The van der Waals surface area contributed by atoms with Crippen LogP contribution >= 0.6 is 0 Å². The number of nitrogens with zero attached hydrogens (tertiary/aromatic N) is 3. The van der Waals surface area contributed by atoms with Gasteiger partial charge < -0.3 is 9.84 Å². The van der Waals surface area contributed by atoms with Crippen molar-refractivity contribution in [2.45, 2.75) is 6.92 Å². The number of fused-ring (bicyclic) bond motifs is 1. The van der Waals surface area contributed by atoms with Crippen LogP contribution in [0.3, 0.4) is 0 Å². The number of aromatic carboxylic acids is 1. The monoisotopic (exact) mass is 286 g/mol. The van der Waals surface area contributed by atoms with Gasteiger partial charge in [-0.25, -0.2) is 14.7 Å². The maximum absolute atomic E-state index is 11.4. The van der Waals surface area contributed by atoms with E-state index in [9.17, 15) is 9.59 Å². The number of ether oxygens (including phenoxy) is 1. The van der Waals surface area contributed by atoms with E-state index in [-0.39, 0.29) is 11.4 Å². The van der Waals surface area contributed by atoms with Gasteiger partial charge in [0.2, 0.25) is 5.88 Å². The zero-order chi connectivity index (χ0) is 15.0. The first kappa shape index (κ1) is 12.9. The summed E-state index contributed by atoms with van der Waals surface area (Å²) in [6.07, 6.45) is 0. The van der Waals surface area contributed by atoms with E-state index in [0.29, 0.717) is 11.4 Å². The molecule has 0 atom stereocenters. The van der Waals surface area contributed by atoms with Crippen LogP contribution in [0.2, 0.25) is 0 Å². The Labute approximate surface area is 117 Å². The second-order valence-electron chi connectivity index (χ2n) is 4.36. The van der Waals surface area contributed by atoms with Crippen LogP contribution in [-0.2, 0) is 0 Å². The van der Waals surface area contributed by atoms with E-state index in [2.05, 4.69) is 15.3 Å². The topological polar surface area (TPSA) is 110 Å². The molecule has 0 aliphatic rings. The van der Waals surface area contributed by atoms with Crippen LogP contribution in [0.25, 0.3) is 5.65 Å². The Hall–Kier alpha value is -3.16. The van der Waals surface area contributed by atoms with Crippen molar-refractivity contribution in [3.05, 3.63) is 51.9 Å². The number of aryl methyl sites for hydroxylation is 1. The molecule has 2 aromatic heterocycles. The second kappa shape index (κ2) is 4.75. The fourth-order valence-electron chi connectivity index (χ4n) is 1.80. The standard InChI is InChI=1S/C13H10N4O4/c1-7-2-3-8(12(18)19)6-9(7)21-11-5-4-10-14-15-13(20)17(10)16-11/h2-6H,1H3,(H,15,20)(H,18,19). The Balaban J connectivity index is 2.01. The summed E-state index contributed by atoms with van der Waals surface area (Å²) in [5.41, 5.74) is 0.744. The Morgan fingerprint density at radius 3 is 2.90 bits per heavy atom. The number of nitrogens with one attached hydrogen (secondary N) is 1. The minimum Gasteiger partial charge on any atom is -0.478 e. The van der Waals surface area contributed by atoms with E-state index < -0.39 is 11.7 Å². The summed E-state index contributed by atoms with van der Waals surface area (Å²) < 4.78 is 6.62. The number of aromatic nitrogens is 4. The molecule has 21 heavy (non-hydrogen) atoms. The summed E-state index contributed by atoms with van der Waals surface area (Å²) in [4.78, 5) is 22.4. The molecule has 0 aliphatic heterocycles. The number of aromatic amines is 1. The van der Waals surface area contributed by atoms with Gasteiger partial charge in [-0.05, 0) is 30.7 Å². The molecule has 1 aromatic carbocycles. The van der Waals surface area contributed by atoms with Crippen molar-refractivity contribution in [3.63, 3.8) is 0 Å². The lowest BCUT2D eigenvalue weighted by molar-refractivity contribution is 0.0696. The van der Waals surface area contributed by atoms with Crippen LogP contribution in [0.15, 0.2) is 35.1 Å². The highest BCUT2D eigenvalue weighted by Crippen LogP contribution is 2.24. The van der Waals surface area contributed by atoms with Gasteiger partial charge in [0.15, 0.2) is 5.65 Å². The molecule has 8 heteroatoms. The summed E-state index contributed by atoms with van der Waals surface area (Å²) >= 11 is 0. The number of carbonyl (C=O) groups is 1. The number of carboxylic acid groups (broad SMARTS) is 1. The van der Waals surface area contributed by atoms with Gasteiger partial charge in [0.1, 0.15) is 5.75 Å². The molecule has 2 heterocycles. The first-order chi connectivity index (χ1) is 10.0. The maximum Gasteiger partial charge on any atom is 0.364 e. The van der Waals surface area contributed by atoms with E-state index in [1.807, 2.05) is 0 Å². The fourth-order valence-corrected chi connectivity index (χ4v) is 1.80. The van der Waals surface area contributed by atoms with E-state index in [1.54, 1.807) is 25.1 Å². The Morgan fingerprint density at radius 1 is 1.33 bits per heavy atom. The van der Waals surface area contributed by atoms with Crippen LogP contribution in [0.1, 0.15) is 15.9 Å². The zero-order valence-electron chi connectivity index (χ0n) is 10.9. The van der Waals surface area contributed by atoms with Crippen molar-refractivity contribution in [2.75, 3.05) is 0 Å². The van der Waals surface area contributed by atoms with Crippen molar-refractivity contribution >= 4 is 11.6 Å². The molecule has 0 radical (unpaired) electrons. The molecule has 0 bridgehead atoms. The average Bonchev–Trinajstić information content (AvgIpc) is 2.82. The molecule has 106 valence electrons. The van der Waals surface area contributed by atoms with E-state index in [4.69, 9.17) is 9.84 Å². The van der Waals surface area contributed by atoms with Crippen molar-refractivity contribution in [1.82, 2.24) is 19.8 Å². The normalized spacial score (nSPS) is 10.7. The molecule has 0 unspecified atom stereocenters. The fraction of sp³-hybridized carbons (Fsp3) is 0.0769. The molecular formula is C13H10N4O4. The minimum absolute atomic E-state index is 0.108. The SMILES string of the molecule is Cc1ccc(C(=O)O)cc1Oc1ccc2n[nH]c(=O)n2n1. The Morgan fingerprint density at radius 2 is 2.14 bits per heavy atom. The molecular weight excluding hydrogens is 276 g/mol. The molecule has 3 rings (SSSR count). The Bertz CT molecular complexity index is 897. The predicted octanol–water partition coefficient (Wildman–Crippen LogP) is 1.22. The van der Waals surface area contributed by atoms with Gasteiger partial charge in [0, 0.05) is 6.07 Å². The number of benzene rings is 1. The highest BCUT2D eigenvalue weighted by molar-refractivity contribution is 5.88. The van der Waals surface area contributed by atoms with Crippen LogP contribution in [0, 0.1) is 6.92 Å². The van der Waals surface area contributed by atoms with E-state index in [1.165, 1.54) is 12.1 Å². The van der Waals surface area contributed by atoms with Gasteiger partial charge in [-0.3, -0.25) is 0 Å². The first-order valence-corrected chi connectivity index (χ1v) is 6.01. The Kier molecular flexibility index (Phi) is 2.90. The number of hydrogen-bond donors (Lipinski definition) is 2. The van der Waals surface area contributed by atoms with Crippen molar-refractivity contribution < 1.29 is 14.6 Å². The van der Waals surface area contributed by atoms with Crippen LogP contribution in [-0.4, -0.2) is 30.9 Å². The van der Waals surface area contributed by atoms with Crippen molar-refractivity contribution in [2.24, 2.45) is 0 Å². The predicted molar refractivity (Wildman–Crippen MR) is 71.8 cm³/mol. The van der Waals surface area contributed by atoms with Gasteiger partial charge in [-0.1, -0.05) is 6.07 Å². The van der Waals surface area contributed by atoms with Gasteiger partial charge in [0.25, 0.3) is 0 Å². The minimum atomic E-state index is -1.05. The summed E-state index contributed by atoms with van der Waals surface area (Å²) in [5.74, 6) is -0.524. The second-order valence-corrected chi connectivity index (χ2v) is 4.36. The molecule has 3 aromatic rings. The number of carboxylic acids is 1. The number of rotatable bonds is 3. The summed E-state index contributed by atoms with van der Waals surface area (Å²) in [6, 6.07) is 7.64. The van der Waals surface area contributed by atoms with Crippen LogP contribution in [0.5, 0.6) is 11.6 Å². The quantitative estimate of drug-likeness (QED) is 0.749. The van der Waals surface area contributed by atoms with Gasteiger partial charge >= 0.3 is 11.7 Å². The highest BCUT2D eigenvalue weighted by Gasteiger charge is 2.10. The van der Waals surface area contributed by atoms with Crippen molar-refractivity contribution in [3.8, 4) is 11.6 Å². The molecule has 0 aliphatic carbocycles. The molecule has 2 N–H and O–H groups in total. The lowest BCUT2D eigenvalue weighted by Crippen LogP contribution is -2.12.